The van der Waals surface area contributed by atoms with Gasteiger partial charge < -0.3 is 20.1 Å². The molecule has 1 aliphatic heterocycles. The normalized spacial score (nSPS) is 15.3. The quantitative estimate of drug-likeness (QED) is 0.406. The van der Waals surface area contributed by atoms with E-state index in [2.05, 4.69) is 15.3 Å². The van der Waals surface area contributed by atoms with Crippen molar-refractivity contribution in [2.45, 2.75) is 19.3 Å². The average molecular weight is 339 g/mol. The molecule has 2 rings (SSSR count). The van der Waals surface area contributed by atoms with Gasteiger partial charge in [0.25, 0.3) is 0 Å². The highest BCUT2D eigenvalue weighted by atomic mass is 16.6. The zero-order valence-electron chi connectivity index (χ0n) is 13.5. The summed E-state index contributed by atoms with van der Waals surface area (Å²) < 4.78 is 4.94. The Morgan fingerprint density at radius 2 is 2.21 bits per heavy atom. The fourth-order valence-corrected chi connectivity index (χ4v) is 2.66. The average Bonchev–Trinajstić information content (AvgIpc) is 2.58. The van der Waals surface area contributed by atoms with Crippen LogP contribution in [0, 0.1) is 16.0 Å². The van der Waals surface area contributed by atoms with E-state index in [1.54, 1.807) is 12.0 Å². The van der Waals surface area contributed by atoms with Crippen LogP contribution in [0.3, 0.4) is 0 Å². The number of rotatable bonds is 8. The Labute approximate surface area is 139 Å². The fraction of sp³-hybridized carbons (Fsp3) is 0.643. The molecule has 0 saturated carbocycles. The number of ether oxygens (including phenoxy) is 1. The highest BCUT2D eigenvalue weighted by molar-refractivity contribution is 5.72. The number of carbonyl (C=O) groups is 1. The number of nitrogens with zero attached hydrogens (tertiary/aromatic N) is 4. The van der Waals surface area contributed by atoms with Gasteiger partial charge in [-0.15, -0.1) is 0 Å². The van der Waals surface area contributed by atoms with Gasteiger partial charge >= 0.3 is 11.7 Å². The molecule has 0 atom stereocenters. The lowest BCUT2D eigenvalue weighted by Gasteiger charge is -2.30. The van der Waals surface area contributed by atoms with Crippen LogP contribution in [0.15, 0.2) is 6.33 Å². The van der Waals surface area contributed by atoms with Gasteiger partial charge in [-0.3, -0.25) is 14.9 Å². The smallest absolute Gasteiger partial charge is 0.353 e. The maximum Gasteiger partial charge on any atom is 0.353 e. The number of nitrogens with one attached hydrogen (secondary N) is 1. The van der Waals surface area contributed by atoms with E-state index in [9.17, 15) is 14.9 Å². The van der Waals surface area contributed by atoms with Gasteiger partial charge in [0.2, 0.25) is 11.6 Å². The van der Waals surface area contributed by atoms with Crippen LogP contribution in [0.1, 0.15) is 19.3 Å². The van der Waals surface area contributed by atoms with Crippen molar-refractivity contribution in [1.29, 1.82) is 0 Å². The topological polar surface area (TPSA) is 131 Å². The number of carboxylic acid groups (broad SMARTS) is 1. The number of hydrogen-bond donors (Lipinski definition) is 2. The molecule has 1 saturated heterocycles. The largest absolute Gasteiger partial charge is 0.481 e. The number of nitro groups is 1. The third-order valence-corrected chi connectivity index (χ3v) is 3.95. The van der Waals surface area contributed by atoms with Crippen LogP contribution in [-0.4, -0.2) is 59.3 Å². The van der Waals surface area contributed by atoms with Gasteiger partial charge in [-0.2, -0.15) is 0 Å². The minimum absolute atomic E-state index is 0.168. The Hall–Kier alpha value is -2.49. The van der Waals surface area contributed by atoms with E-state index in [-0.39, 0.29) is 17.3 Å². The summed E-state index contributed by atoms with van der Waals surface area (Å²) in [7, 11) is 1.59. The molecular weight excluding hydrogens is 318 g/mol. The highest BCUT2D eigenvalue weighted by Crippen LogP contribution is 2.33. The molecule has 0 unspecified atom stereocenters. The van der Waals surface area contributed by atoms with Crippen molar-refractivity contribution in [3.8, 4) is 0 Å². The van der Waals surface area contributed by atoms with Gasteiger partial charge in [0, 0.05) is 33.4 Å². The molecule has 1 fully saturated rings. The second-order valence-corrected chi connectivity index (χ2v) is 5.52. The number of anilines is 2. The Balaban J connectivity index is 2.14. The molecule has 0 aliphatic carbocycles. The van der Waals surface area contributed by atoms with E-state index < -0.39 is 16.8 Å². The van der Waals surface area contributed by atoms with E-state index in [0.717, 1.165) is 0 Å². The third kappa shape index (κ3) is 4.28. The van der Waals surface area contributed by atoms with Gasteiger partial charge in [-0.1, -0.05) is 0 Å². The Kier molecular flexibility index (Phi) is 6.24. The molecule has 10 heteroatoms. The number of piperidine rings is 1. The zero-order chi connectivity index (χ0) is 17.5. The maximum atomic E-state index is 11.5. The maximum absolute atomic E-state index is 11.5. The third-order valence-electron chi connectivity index (χ3n) is 3.95. The number of hydrogen-bond acceptors (Lipinski definition) is 8. The molecule has 24 heavy (non-hydrogen) atoms. The van der Waals surface area contributed by atoms with Crippen molar-refractivity contribution >= 4 is 23.3 Å². The minimum atomic E-state index is -0.827. The molecule has 0 amide bonds. The second-order valence-electron chi connectivity index (χ2n) is 5.52. The van der Waals surface area contributed by atoms with Crippen molar-refractivity contribution in [2.24, 2.45) is 5.92 Å². The van der Waals surface area contributed by atoms with E-state index in [0.29, 0.717) is 45.5 Å². The molecule has 0 radical (unpaired) electrons. The second kappa shape index (κ2) is 8.39. The first kappa shape index (κ1) is 17.9. The van der Waals surface area contributed by atoms with Gasteiger partial charge in [0.15, 0.2) is 0 Å². The van der Waals surface area contributed by atoms with Gasteiger partial charge in [-0.25, -0.2) is 9.97 Å². The highest BCUT2D eigenvalue weighted by Gasteiger charge is 2.31. The lowest BCUT2D eigenvalue weighted by atomic mass is 9.97. The van der Waals surface area contributed by atoms with Gasteiger partial charge in [0.1, 0.15) is 6.33 Å². The molecule has 0 spiro atoms. The first-order chi connectivity index (χ1) is 11.5. The summed E-state index contributed by atoms with van der Waals surface area (Å²) >= 11 is 0. The predicted molar refractivity (Wildman–Crippen MR) is 86.2 cm³/mol. The SMILES string of the molecule is COCCCNc1ncnc(N2CCC(C(=O)O)CC2)c1[N+](=O)[O-]. The first-order valence-electron chi connectivity index (χ1n) is 7.74. The van der Waals surface area contributed by atoms with Crippen LogP contribution in [0.4, 0.5) is 17.3 Å². The molecule has 2 heterocycles. The molecular formula is C14H21N5O5. The Bertz CT molecular complexity index is 589. The molecule has 0 aromatic carbocycles. The zero-order valence-corrected chi connectivity index (χ0v) is 13.5. The summed E-state index contributed by atoms with van der Waals surface area (Å²) in [6.45, 7) is 1.86. The van der Waals surface area contributed by atoms with Crippen molar-refractivity contribution in [2.75, 3.05) is 43.6 Å². The van der Waals surface area contributed by atoms with Crippen molar-refractivity contribution in [3.05, 3.63) is 16.4 Å². The summed E-state index contributed by atoms with van der Waals surface area (Å²) in [5.41, 5.74) is -0.177. The van der Waals surface area contributed by atoms with Crippen LogP contribution < -0.4 is 10.2 Å². The molecule has 1 aromatic heterocycles. The molecule has 132 valence electrons. The van der Waals surface area contributed by atoms with Gasteiger partial charge in [-0.05, 0) is 19.3 Å². The standard InChI is InChI=1S/C14H21N5O5/c1-24-8-2-5-15-12-11(19(22)23)13(17-9-16-12)18-6-3-10(4-7-18)14(20)21/h9-10H,2-8H2,1H3,(H,20,21)(H,15,16,17). The van der Waals surface area contributed by atoms with Crippen molar-refractivity contribution in [1.82, 2.24) is 9.97 Å². The van der Waals surface area contributed by atoms with E-state index in [4.69, 9.17) is 9.84 Å². The van der Waals surface area contributed by atoms with Crippen LogP contribution >= 0.6 is 0 Å². The van der Waals surface area contributed by atoms with Gasteiger partial charge in [0.05, 0.1) is 10.8 Å². The van der Waals surface area contributed by atoms with Crippen LogP contribution in [0.5, 0.6) is 0 Å². The summed E-state index contributed by atoms with van der Waals surface area (Å²) in [6.07, 6.45) is 2.85. The Morgan fingerprint density at radius 3 is 2.79 bits per heavy atom. The van der Waals surface area contributed by atoms with Crippen LogP contribution in [0.2, 0.25) is 0 Å². The number of methoxy groups -OCH3 is 1. The number of aromatic nitrogens is 2. The van der Waals surface area contributed by atoms with Crippen molar-refractivity contribution in [3.63, 3.8) is 0 Å². The lowest BCUT2D eigenvalue weighted by molar-refractivity contribution is -0.383. The summed E-state index contributed by atoms with van der Waals surface area (Å²) in [5, 5.41) is 23.5. The Morgan fingerprint density at radius 1 is 1.50 bits per heavy atom. The fourth-order valence-electron chi connectivity index (χ4n) is 2.66. The molecule has 0 bridgehead atoms. The summed E-state index contributed by atoms with van der Waals surface area (Å²) in [6, 6.07) is 0. The number of carboxylic acids is 1. The molecule has 10 nitrogen and oxygen atoms in total. The van der Waals surface area contributed by atoms with Crippen molar-refractivity contribution < 1.29 is 19.6 Å². The summed E-state index contributed by atoms with van der Waals surface area (Å²) in [4.78, 5) is 31.8. The van der Waals surface area contributed by atoms with E-state index in [1.165, 1.54) is 6.33 Å². The molecule has 1 aliphatic rings. The predicted octanol–water partition coefficient (Wildman–Crippen LogP) is 1.13. The monoisotopic (exact) mass is 339 g/mol. The molecule has 1 aromatic rings. The van der Waals surface area contributed by atoms with Crippen LogP contribution in [0.25, 0.3) is 0 Å². The summed E-state index contributed by atoms with van der Waals surface area (Å²) in [5.74, 6) is -0.837. The molecule has 2 N–H and O–H groups in total. The van der Waals surface area contributed by atoms with E-state index >= 15 is 0 Å². The van der Waals surface area contributed by atoms with Crippen LogP contribution in [-0.2, 0) is 9.53 Å². The minimum Gasteiger partial charge on any atom is -0.481 e. The number of aliphatic carboxylic acids is 1. The first-order valence-corrected chi connectivity index (χ1v) is 7.74. The lowest BCUT2D eigenvalue weighted by Crippen LogP contribution is -2.37. The van der Waals surface area contributed by atoms with E-state index in [1.807, 2.05) is 0 Å².